The highest BCUT2D eigenvalue weighted by atomic mass is 16.6. The van der Waals surface area contributed by atoms with Crippen LogP contribution in [0.2, 0.25) is 0 Å². The van der Waals surface area contributed by atoms with Crippen LogP contribution in [0.5, 0.6) is 11.5 Å². The van der Waals surface area contributed by atoms with Crippen molar-refractivity contribution in [2.75, 3.05) is 13.1 Å². The lowest BCUT2D eigenvalue weighted by Crippen LogP contribution is -2.53. The van der Waals surface area contributed by atoms with Gasteiger partial charge in [0.2, 0.25) is 6.10 Å². The molecule has 3 rings (SSSR count). The summed E-state index contributed by atoms with van der Waals surface area (Å²) in [5, 5.41) is 8.83. The van der Waals surface area contributed by atoms with Crippen molar-refractivity contribution in [2.24, 2.45) is 5.92 Å². The number of amides is 1. The van der Waals surface area contributed by atoms with Crippen LogP contribution < -0.4 is 9.47 Å². The number of likely N-dealkylation sites (tertiary alicyclic amines) is 1. The van der Waals surface area contributed by atoms with Crippen LogP contribution in [0.3, 0.4) is 0 Å². The molecule has 0 unspecified atom stereocenters. The zero-order chi connectivity index (χ0) is 17.1. The van der Waals surface area contributed by atoms with Gasteiger partial charge in [-0.3, -0.25) is 9.59 Å². The van der Waals surface area contributed by atoms with Crippen molar-refractivity contribution in [2.45, 2.75) is 44.8 Å². The van der Waals surface area contributed by atoms with Crippen molar-refractivity contribution >= 4 is 11.9 Å². The molecule has 1 aromatic rings. The molecule has 1 aromatic carbocycles. The van der Waals surface area contributed by atoms with Gasteiger partial charge >= 0.3 is 5.97 Å². The van der Waals surface area contributed by atoms with Gasteiger partial charge in [-0.1, -0.05) is 12.1 Å². The first-order valence-corrected chi connectivity index (χ1v) is 8.47. The Morgan fingerprint density at radius 3 is 2.67 bits per heavy atom. The summed E-state index contributed by atoms with van der Waals surface area (Å²) in [6.07, 6.45) is 1.62. The normalized spacial score (nSPS) is 26.0. The number of piperidine rings is 1. The molecular formula is C18H23NO5. The first kappa shape index (κ1) is 16.6. The zero-order valence-electron chi connectivity index (χ0n) is 13.8. The fourth-order valence-electron chi connectivity index (χ4n) is 3.40. The molecule has 2 aliphatic heterocycles. The number of carbonyl (C=O) groups excluding carboxylic acids is 1. The summed E-state index contributed by atoms with van der Waals surface area (Å²) in [5.74, 6) is 0.635. The standard InChI is InChI=1S/C18H23NO5/c1-12-17(24-15-7-3-2-6-14(15)23-12)18(22)19-10-4-5-13(11-19)8-9-16(20)21/h2-3,6-7,12-13,17H,4-5,8-11H2,1H3,(H,20,21)/t12-,13-,17+/m0/s1. The van der Waals surface area contributed by atoms with Crippen LogP contribution in [0, 0.1) is 5.92 Å². The number of benzene rings is 1. The maximum Gasteiger partial charge on any atom is 0.303 e. The van der Waals surface area contributed by atoms with E-state index in [2.05, 4.69) is 0 Å². The lowest BCUT2D eigenvalue weighted by atomic mass is 9.93. The van der Waals surface area contributed by atoms with E-state index < -0.39 is 12.1 Å². The number of nitrogens with zero attached hydrogens (tertiary/aromatic N) is 1. The molecule has 2 heterocycles. The highest BCUT2D eigenvalue weighted by Crippen LogP contribution is 2.34. The fraction of sp³-hybridized carbons (Fsp3) is 0.556. The summed E-state index contributed by atoms with van der Waals surface area (Å²) in [5.41, 5.74) is 0. The van der Waals surface area contributed by atoms with Crippen LogP contribution >= 0.6 is 0 Å². The Bertz CT molecular complexity index is 617. The Kier molecular flexibility index (Phi) is 4.92. The second-order valence-corrected chi connectivity index (χ2v) is 6.53. The minimum atomic E-state index is -0.785. The van der Waals surface area contributed by atoms with Crippen molar-refractivity contribution in [1.82, 2.24) is 4.90 Å². The molecule has 1 fully saturated rings. The Labute approximate surface area is 141 Å². The van der Waals surface area contributed by atoms with Crippen LogP contribution in [-0.2, 0) is 9.59 Å². The SMILES string of the molecule is C[C@@H]1Oc2ccccc2O[C@H]1C(=O)N1CCC[C@@H](CCC(=O)O)C1. The summed E-state index contributed by atoms with van der Waals surface area (Å²) in [6.45, 7) is 3.13. The third-order valence-electron chi connectivity index (χ3n) is 4.68. The third kappa shape index (κ3) is 3.63. The molecule has 130 valence electrons. The van der Waals surface area contributed by atoms with Crippen LogP contribution in [0.1, 0.15) is 32.6 Å². The Balaban J connectivity index is 1.64. The molecule has 0 spiro atoms. The summed E-state index contributed by atoms with van der Waals surface area (Å²) < 4.78 is 11.7. The van der Waals surface area contributed by atoms with Crippen molar-refractivity contribution < 1.29 is 24.2 Å². The van der Waals surface area contributed by atoms with E-state index >= 15 is 0 Å². The minimum Gasteiger partial charge on any atom is -0.482 e. The van der Waals surface area contributed by atoms with Gasteiger partial charge in [0, 0.05) is 19.5 Å². The largest absolute Gasteiger partial charge is 0.482 e. The van der Waals surface area contributed by atoms with E-state index in [0.717, 1.165) is 12.8 Å². The van der Waals surface area contributed by atoms with Crippen LogP contribution in [0.25, 0.3) is 0 Å². The Morgan fingerprint density at radius 1 is 1.25 bits per heavy atom. The Morgan fingerprint density at radius 2 is 1.96 bits per heavy atom. The second kappa shape index (κ2) is 7.11. The van der Waals surface area contributed by atoms with E-state index in [4.69, 9.17) is 14.6 Å². The number of aliphatic carboxylic acids is 1. The van der Waals surface area contributed by atoms with E-state index in [9.17, 15) is 9.59 Å². The van der Waals surface area contributed by atoms with E-state index in [-0.39, 0.29) is 24.3 Å². The van der Waals surface area contributed by atoms with Gasteiger partial charge in [-0.15, -0.1) is 0 Å². The van der Waals surface area contributed by atoms with E-state index in [0.29, 0.717) is 31.0 Å². The number of carboxylic acids is 1. The summed E-state index contributed by atoms with van der Waals surface area (Å²) in [7, 11) is 0. The summed E-state index contributed by atoms with van der Waals surface area (Å²) in [6, 6.07) is 7.35. The van der Waals surface area contributed by atoms with Crippen molar-refractivity contribution in [3.63, 3.8) is 0 Å². The van der Waals surface area contributed by atoms with E-state index in [1.807, 2.05) is 25.1 Å². The van der Waals surface area contributed by atoms with Crippen LogP contribution in [0.15, 0.2) is 24.3 Å². The molecule has 0 aromatic heterocycles. The smallest absolute Gasteiger partial charge is 0.303 e. The highest BCUT2D eigenvalue weighted by molar-refractivity contribution is 5.82. The number of hydrogen-bond donors (Lipinski definition) is 1. The van der Waals surface area contributed by atoms with E-state index in [1.165, 1.54) is 0 Å². The van der Waals surface area contributed by atoms with Gasteiger partial charge in [0.05, 0.1) is 0 Å². The lowest BCUT2D eigenvalue weighted by molar-refractivity contribution is -0.146. The molecule has 3 atom stereocenters. The second-order valence-electron chi connectivity index (χ2n) is 6.53. The lowest BCUT2D eigenvalue weighted by Gasteiger charge is -2.38. The Hall–Kier alpha value is -2.24. The maximum atomic E-state index is 12.9. The molecular weight excluding hydrogens is 310 g/mol. The number of fused-ring (bicyclic) bond motifs is 1. The van der Waals surface area contributed by atoms with Crippen molar-refractivity contribution in [1.29, 1.82) is 0 Å². The molecule has 2 aliphatic rings. The topological polar surface area (TPSA) is 76.1 Å². The molecule has 0 radical (unpaired) electrons. The number of carboxylic acid groups (broad SMARTS) is 1. The highest BCUT2D eigenvalue weighted by Gasteiger charge is 2.38. The minimum absolute atomic E-state index is 0.0722. The van der Waals surface area contributed by atoms with Gasteiger partial charge in [0.1, 0.15) is 6.10 Å². The maximum absolute atomic E-state index is 12.9. The quantitative estimate of drug-likeness (QED) is 0.915. The van der Waals surface area contributed by atoms with E-state index in [1.54, 1.807) is 11.0 Å². The molecule has 24 heavy (non-hydrogen) atoms. The summed E-state index contributed by atoms with van der Waals surface area (Å²) >= 11 is 0. The molecule has 1 N–H and O–H groups in total. The van der Waals surface area contributed by atoms with Crippen LogP contribution in [-0.4, -0.2) is 47.2 Å². The van der Waals surface area contributed by atoms with Gasteiger partial charge in [0.25, 0.3) is 5.91 Å². The third-order valence-corrected chi connectivity index (χ3v) is 4.68. The number of ether oxygens (including phenoxy) is 2. The molecule has 1 amide bonds. The monoisotopic (exact) mass is 333 g/mol. The fourth-order valence-corrected chi connectivity index (χ4v) is 3.40. The molecule has 0 bridgehead atoms. The van der Waals surface area contributed by atoms with Gasteiger partial charge in [0.15, 0.2) is 11.5 Å². The first-order chi connectivity index (χ1) is 11.5. The number of carbonyl (C=O) groups is 2. The summed E-state index contributed by atoms with van der Waals surface area (Å²) in [4.78, 5) is 25.4. The molecule has 0 saturated carbocycles. The average molecular weight is 333 g/mol. The predicted octanol–water partition coefficient (Wildman–Crippen LogP) is 2.32. The first-order valence-electron chi connectivity index (χ1n) is 8.47. The zero-order valence-corrected chi connectivity index (χ0v) is 13.8. The van der Waals surface area contributed by atoms with Gasteiger partial charge < -0.3 is 19.5 Å². The molecule has 1 saturated heterocycles. The predicted molar refractivity (Wildman–Crippen MR) is 87.1 cm³/mol. The van der Waals surface area contributed by atoms with Gasteiger partial charge in [-0.25, -0.2) is 0 Å². The number of para-hydroxylation sites is 2. The van der Waals surface area contributed by atoms with Crippen LogP contribution in [0.4, 0.5) is 0 Å². The molecule has 0 aliphatic carbocycles. The van der Waals surface area contributed by atoms with Crippen molar-refractivity contribution in [3.8, 4) is 11.5 Å². The van der Waals surface area contributed by atoms with Crippen molar-refractivity contribution in [3.05, 3.63) is 24.3 Å². The van der Waals surface area contributed by atoms with Gasteiger partial charge in [-0.05, 0) is 44.2 Å². The van der Waals surface area contributed by atoms with Gasteiger partial charge in [-0.2, -0.15) is 0 Å². The number of hydrogen-bond acceptors (Lipinski definition) is 4. The molecule has 6 heteroatoms. The average Bonchev–Trinajstić information content (AvgIpc) is 2.59. The molecule has 6 nitrogen and oxygen atoms in total. The number of rotatable bonds is 4.